The molecule has 0 saturated heterocycles. The number of ether oxygens (including phenoxy) is 1. The van der Waals surface area contributed by atoms with E-state index in [0.717, 1.165) is 12.0 Å². The Labute approximate surface area is 173 Å². The zero-order valence-corrected chi connectivity index (χ0v) is 16.9. The Morgan fingerprint density at radius 2 is 1.93 bits per heavy atom. The number of fused-ring (bicyclic) bond motifs is 1. The van der Waals surface area contributed by atoms with Gasteiger partial charge in [0.15, 0.2) is 12.0 Å². The van der Waals surface area contributed by atoms with E-state index in [2.05, 4.69) is 5.32 Å². The normalized spacial score (nSPS) is 13.0. The van der Waals surface area contributed by atoms with Crippen LogP contribution in [-0.2, 0) is 4.79 Å². The van der Waals surface area contributed by atoms with Crippen LogP contribution in [0.25, 0.3) is 22.3 Å². The van der Waals surface area contributed by atoms with E-state index >= 15 is 0 Å². The van der Waals surface area contributed by atoms with Crippen LogP contribution < -0.4 is 15.5 Å². The van der Waals surface area contributed by atoms with Crippen LogP contribution in [0.15, 0.2) is 57.7 Å². The number of rotatable bonds is 8. The molecule has 3 N–H and O–H groups in total. The maximum absolute atomic E-state index is 12.5. The molecule has 2 atom stereocenters. The number of carbonyl (C=O) groups excluding carboxylic acids is 1. The molecule has 1 heterocycles. The Morgan fingerprint density at radius 3 is 2.60 bits per heavy atom. The van der Waals surface area contributed by atoms with Gasteiger partial charge in [0.2, 0.25) is 0 Å². The van der Waals surface area contributed by atoms with E-state index in [9.17, 15) is 19.8 Å². The SMILES string of the molecule is CC[C@@H](C)[C@@H](CO)NC(=O)COc1cc(O)c2c(=O)cc(-c3ccccc3)oc2c1. The average molecular weight is 411 g/mol. The van der Waals surface area contributed by atoms with Gasteiger partial charge < -0.3 is 24.7 Å². The van der Waals surface area contributed by atoms with Crippen LogP contribution in [0.3, 0.4) is 0 Å². The largest absolute Gasteiger partial charge is 0.507 e. The van der Waals surface area contributed by atoms with Crippen molar-refractivity contribution in [3.63, 3.8) is 0 Å². The lowest BCUT2D eigenvalue weighted by molar-refractivity contribution is -0.124. The van der Waals surface area contributed by atoms with Gasteiger partial charge >= 0.3 is 0 Å². The topological polar surface area (TPSA) is 109 Å². The number of phenolic OH excluding ortho intramolecular Hbond substituents is 1. The molecule has 0 aliphatic heterocycles. The Bertz CT molecular complexity index is 1080. The Kier molecular flexibility index (Phi) is 6.74. The Balaban J connectivity index is 1.82. The molecule has 0 unspecified atom stereocenters. The van der Waals surface area contributed by atoms with Crippen LogP contribution in [0.2, 0.25) is 0 Å². The summed E-state index contributed by atoms with van der Waals surface area (Å²) in [6.45, 7) is 3.45. The van der Waals surface area contributed by atoms with Gasteiger partial charge in [-0.2, -0.15) is 0 Å². The van der Waals surface area contributed by atoms with Crippen molar-refractivity contribution in [2.24, 2.45) is 5.92 Å². The second kappa shape index (κ2) is 9.45. The number of phenols is 1. The van der Waals surface area contributed by atoms with Gasteiger partial charge in [-0.05, 0) is 5.92 Å². The van der Waals surface area contributed by atoms with Gasteiger partial charge in [-0.15, -0.1) is 0 Å². The first-order valence-corrected chi connectivity index (χ1v) is 9.82. The van der Waals surface area contributed by atoms with E-state index in [4.69, 9.17) is 9.15 Å². The van der Waals surface area contributed by atoms with Crippen molar-refractivity contribution in [3.05, 3.63) is 58.8 Å². The third-order valence-electron chi connectivity index (χ3n) is 5.09. The van der Waals surface area contributed by atoms with Gasteiger partial charge in [-0.3, -0.25) is 9.59 Å². The molecule has 0 aliphatic rings. The van der Waals surface area contributed by atoms with Crippen molar-refractivity contribution in [2.75, 3.05) is 13.2 Å². The molecule has 0 spiro atoms. The lowest BCUT2D eigenvalue weighted by Crippen LogP contribution is -2.43. The summed E-state index contributed by atoms with van der Waals surface area (Å²) in [7, 11) is 0. The minimum absolute atomic E-state index is 0.0450. The molecule has 7 nitrogen and oxygen atoms in total. The van der Waals surface area contributed by atoms with Crippen molar-refractivity contribution in [1.29, 1.82) is 0 Å². The molecule has 3 aromatic rings. The first kappa shape index (κ1) is 21.4. The predicted octanol–water partition coefficient (Wildman–Crippen LogP) is 3.07. The number of benzene rings is 2. The number of aliphatic hydroxyl groups is 1. The van der Waals surface area contributed by atoms with Crippen LogP contribution >= 0.6 is 0 Å². The van der Waals surface area contributed by atoms with Crippen molar-refractivity contribution in [3.8, 4) is 22.8 Å². The monoisotopic (exact) mass is 411 g/mol. The zero-order valence-electron chi connectivity index (χ0n) is 16.9. The molecule has 0 saturated carbocycles. The highest BCUT2D eigenvalue weighted by Crippen LogP contribution is 2.31. The van der Waals surface area contributed by atoms with Gasteiger partial charge in [0.05, 0.1) is 12.6 Å². The minimum Gasteiger partial charge on any atom is -0.507 e. The van der Waals surface area contributed by atoms with Crippen molar-refractivity contribution < 1.29 is 24.2 Å². The smallest absolute Gasteiger partial charge is 0.258 e. The maximum Gasteiger partial charge on any atom is 0.258 e. The fraction of sp³-hybridized carbons (Fsp3) is 0.304. The number of nitrogens with one attached hydrogen (secondary N) is 1. The summed E-state index contributed by atoms with van der Waals surface area (Å²) < 4.78 is 11.3. The van der Waals surface area contributed by atoms with E-state index in [1.54, 1.807) is 0 Å². The maximum atomic E-state index is 12.5. The highest BCUT2D eigenvalue weighted by Gasteiger charge is 2.18. The predicted molar refractivity (Wildman–Crippen MR) is 114 cm³/mol. The number of aromatic hydroxyl groups is 1. The summed E-state index contributed by atoms with van der Waals surface area (Å²) in [5.74, 6) is -0.0128. The first-order chi connectivity index (χ1) is 14.4. The highest BCUT2D eigenvalue weighted by molar-refractivity contribution is 5.86. The second-order valence-electron chi connectivity index (χ2n) is 7.19. The van der Waals surface area contributed by atoms with Gasteiger partial charge in [-0.1, -0.05) is 50.6 Å². The molecule has 1 aromatic heterocycles. The van der Waals surface area contributed by atoms with E-state index in [0.29, 0.717) is 5.76 Å². The average Bonchev–Trinajstić information content (AvgIpc) is 2.75. The summed E-state index contributed by atoms with van der Waals surface area (Å²) in [6, 6.07) is 12.8. The van der Waals surface area contributed by atoms with Crippen LogP contribution in [0.1, 0.15) is 20.3 Å². The standard InChI is InChI=1S/C23H25NO6/c1-3-14(2)17(12-25)24-22(28)13-29-16-9-18(26)23-19(27)11-20(30-21(23)10-16)15-7-5-4-6-8-15/h4-11,14,17,25-26H,3,12-13H2,1-2H3,(H,24,28)/t14-,17-/m1/s1. The fourth-order valence-corrected chi connectivity index (χ4v) is 3.12. The lowest BCUT2D eigenvalue weighted by Gasteiger charge is -2.22. The Morgan fingerprint density at radius 1 is 1.20 bits per heavy atom. The molecule has 7 heteroatoms. The third kappa shape index (κ3) is 4.80. The summed E-state index contributed by atoms with van der Waals surface area (Å²) >= 11 is 0. The van der Waals surface area contributed by atoms with Crippen LogP contribution in [-0.4, -0.2) is 35.4 Å². The number of carbonyl (C=O) groups is 1. The molecular weight excluding hydrogens is 386 g/mol. The lowest BCUT2D eigenvalue weighted by atomic mass is 10.00. The molecule has 0 radical (unpaired) electrons. The number of hydrogen-bond donors (Lipinski definition) is 3. The van der Waals surface area contributed by atoms with Crippen LogP contribution in [0.5, 0.6) is 11.5 Å². The van der Waals surface area contributed by atoms with Gasteiger partial charge in [0.1, 0.15) is 28.2 Å². The van der Waals surface area contributed by atoms with Crippen LogP contribution in [0, 0.1) is 5.92 Å². The van der Waals surface area contributed by atoms with Crippen molar-refractivity contribution >= 4 is 16.9 Å². The third-order valence-corrected chi connectivity index (χ3v) is 5.09. The Hall–Kier alpha value is -3.32. The quantitative estimate of drug-likeness (QED) is 0.526. The molecule has 30 heavy (non-hydrogen) atoms. The minimum atomic E-state index is -0.395. The molecule has 0 aliphatic carbocycles. The summed E-state index contributed by atoms with van der Waals surface area (Å²) in [6.07, 6.45) is 0.813. The van der Waals surface area contributed by atoms with Crippen molar-refractivity contribution in [1.82, 2.24) is 5.32 Å². The van der Waals surface area contributed by atoms with E-state index in [1.165, 1.54) is 18.2 Å². The molecule has 3 rings (SSSR count). The first-order valence-electron chi connectivity index (χ1n) is 9.82. The van der Waals surface area contributed by atoms with Crippen LogP contribution in [0.4, 0.5) is 0 Å². The van der Waals surface area contributed by atoms with Gasteiger partial charge in [0.25, 0.3) is 5.91 Å². The number of amides is 1. The van der Waals surface area contributed by atoms with E-state index < -0.39 is 5.91 Å². The second-order valence-corrected chi connectivity index (χ2v) is 7.19. The van der Waals surface area contributed by atoms with Gasteiger partial charge in [0, 0.05) is 23.8 Å². The zero-order chi connectivity index (χ0) is 21.7. The molecule has 0 bridgehead atoms. The summed E-state index contributed by atoms with van der Waals surface area (Å²) in [5.41, 5.74) is 0.502. The molecule has 0 fully saturated rings. The molecule has 1 amide bonds. The number of hydrogen-bond acceptors (Lipinski definition) is 6. The van der Waals surface area contributed by atoms with E-state index in [1.807, 2.05) is 44.2 Å². The number of aliphatic hydroxyl groups excluding tert-OH is 1. The van der Waals surface area contributed by atoms with E-state index in [-0.39, 0.29) is 53.1 Å². The van der Waals surface area contributed by atoms with Gasteiger partial charge in [-0.25, -0.2) is 0 Å². The van der Waals surface area contributed by atoms with Crippen molar-refractivity contribution in [2.45, 2.75) is 26.3 Å². The molecule has 2 aromatic carbocycles. The summed E-state index contributed by atoms with van der Waals surface area (Å²) in [5, 5.41) is 22.5. The fourth-order valence-electron chi connectivity index (χ4n) is 3.12. The molecule has 158 valence electrons. The molecular formula is C23H25NO6. The highest BCUT2D eigenvalue weighted by atomic mass is 16.5. The summed E-state index contributed by atoms with van der Waals surface area (Å²) in [4.78, 5) is 24.6.